The minimum absolute atomic E-state index is 0.0000743. The Morgan fingerprint density at radius 2 is 2.23 bits per heavy atom. The van der Waals surface area contributed by atoms with Crippen molar-refractivity contribution in [2.75, 3.05) is 5.32 Å². The van der Waals surface area contributed by atoms with Crippen LogP contribution in [-0.4, -0.2) is 5.91 Å². The number of carbonyl (C=O) groups excluding carboxylic acids is 1. The van der Waals surface area contributed by atoms with Crippen molar-refractivity contribution in [2.45, 2.75) is 20.3 Å². The summed E-state index contributed by atoms with van der Waals surface area (Å²) >= 11 is 5.89. The van der Waals surface area contributed by atoms with Crippen molar-refractivity contribution in [2.24, 2.45) is 0 Å². The van der Waals surface area contributed by atoms with E-state index in [0.717, 1.165) is 11.3 Å². The Balaban J connectivity index is 2.79. The third-order valence-electron chi connectivity index (χ3n) is 1.78. The number of carbonyl (C=O) groups is 1. The van der Waals surface area contributed by atoms with Crippen LogP contribution in [0.15, 0.2) is 18.2 Å². The van der Waals surface area contributed by atoms with Gasteiger partial charge in [-0.05, 0) is 24.6 Å². The summed E-state index contributed by atoms with van der Waals surface area (Å²) in [5.74, 6) is -0.0000743. The molecular formula is C10H12ClNO. The maximum absolute atomic E-state index is 11.0. The first kappa shape index (κ1) is 10.1. The first-order chi connectivity index (χ1) is 6.13. The van der Waals surface area contributed by atoms with E-state index in [4.69, 9.17) is 11.6 Å². The standard InChI is InChI=1S/C10H12ClNO/c1-3-10(13)12-8-5-4-7(2)9(11)6-8/h4-6H,3H2,1-2H3,(H,12,13). The van der Waals surface area contributed by atoms with E-state index in [1.165, 1.54) is 0 Å². The van der Waals surface area contributed by atoms with Gasteiger partial charge in [-0.25, -0.2) is 0 Å². The maximum Gasteiger partial charge on any atom is 0.224 e. The van der Waals surface area contributed by atoms with Crippen LogP contribution in [-0.2, 0) is 4.79 Å². The molecule has 1 N–H and O–H groups in total. The van der Waals surface area contributed by atoms with Gasteiger partial charge in [0.2, 0.25) is 5.91 Å². The van der Waals surface area contributed by atoms with E-state index in [-0.39, 0.29) is 5.91 Å². The fraction of sp³-hybridized carbons (Fsp3) is 0.300. The lowest BCUT2D eigenvalue weighted by atomic mass is 10.2. The zero-order chi connectivity index (χ0) is 9.84. The summed E-state index contributed by atoms with van der Waals surface area (Å²) in [5.41, 5.74) is 1.76. The van der Waals surface area contributed by atoms with Crippen LogP contribution in [0.1, 0.15) is 18.9 Å². The van der Waals surface area contributed by atoms with Crippen molar-refractivity contribution >= 4 is 23.2 Å². The Hall–Kier alpha value is -1.02. The Kier molecular flexibility index (Phi) is 3.32. The summed E-state index contributed by atoms with van der Waals surface area (Å²) in [5, 5.41) is 3.41. The first-order valence-corrected chi connectivity index (χ1v) is 4.57. The van der Waals surface area contributed by atoms with Crippen LogP contribution >= 0.6 is 11.6 Å². The number of halogens is 1. The molecule has 0 spiro atoms. The normalized spacial score (nSPS) is 9.77. The van der Waals surface area contributed by atoms with Gasteiger partial charge in [0.05, 0.1) is 0 Å². The molecule has 2 nitrogen and oxygen atoms in total. The molecule has 1 rings (SSSR count). The van der Waals surface area contributed by atoms with Gasteiger partial charge in [-0.3, -0.25) is 4.79 Å². The SMILES string of the molecule is CCC(=O)Nc1ccc(C)c(Cl)c1. The number of amides is 1. The first-order valence-electron chi connectivity index (χ1n) is 4.19. The van der Waals surface area contributed by atoms with E-state index < -0.39 is 0 Å². The molecule has 0 radical (unpaired) electrons. The van der Waals surface area contributed by atoms with Crippen molar-refractivity contribution in [3.05, 3.63) is 28.8 Å². The largest absolute Gasteiger partial charge is 0.326 e. The molecule has 3 heteroatoms. The van der Waals surface area contributed by atoms with Crippen molar-refractivity contribution in [1.82, 2.24) is 0 Å². The number of rotatable bonds is 2. The van der Waals surface area contributed by atoms with Gasteiger partial charge in [-0.1, -0.05) is 24.6 Å². The molecule has 0 atom stereocenters. The summed E-state index contributed by atoms with van der Waals surface area (Å²) in [6, 6.07) is 5.48. The number of hydrogen-bond acceptors (Lipinski definition) is 1. The topological polar surface area (TPSA) is 29.1 Å². The highest BCUT2D eigenvalue weighted by atomic mass is 35.5. The van der Waals surface area contributed by atoms with Crippen molar-refractivity contribution in [1.29, 1.82) is 0 Å². The highest BCUT2D eigenvalue weighted by Gasteiger charge is 2.00. The molecule has 0 saturated carbocycles. The predicted molar refractivity (Wildman–Crippen MR) is 55.1 cm³/mol. The van der Waals surface area contributed by atoms with Crippen LogP contribution in [0, 0.1) is 6.92 Å². The van der Waals surface area contributed by atoms with E-state index in [1.54, 1.807) is 6.07 Å². The van der Waals surface area contributed by atoms with E-state index >= 15 is 0 Å². The highest BCUT2D eigenvalue weighted by Crippen LogP contribution is 2.19. The third kappa shape index (κ3) is 2.74. The van der Waals surface area contributed by atoms with Crippen LogP contribution < -0.4 is 5.32 Å². The summed E-state index contributed by atoms with van der Waals surface area (Å²) in [6.45, 7) is 3.74. The van der Waals surface area contributed by atoms with Gasteiger partial charge < -0.3 is 5.32 Å². The smallest absolute Gasteiger partial charge is 0.224 e. The van der Waals surface area contributed by atoms with E-state index in [0.29, 0.717) is 11.4 Å². The molecule has 0 aliphatic carbocycles. The average molecular weight is 198 g/mol. The van der Waals surface area contributed by atoms with Crippen LogP contribution in [0.3, 0.4) is 0 Å². The Bertz CT molecular complexity index is 323. The van der Waals surface area contributed by atoms with Crippen LogP contribution in [0.5, 0.6) is 0 Å². The number of nitrogens with one attached hydrogen (secondary N) is 1. The molecule has 0 fully saturated rings. The molecular weight excluding hydrogens is 186 g/mol. The Labute approximate surface area is 82.9 Å². The molecule has 0 aliphatic heterocycles. The zero-order valence-corrected chi connectivity index (χ0v) is 8.48. The lowest BCUT2D eigenvalue weighted by Gasteiger charge is -2.04. The number of benzene rings is 1. The molecule has 1 amide bonds. The summed E-state index contributed by atoms with van der Waals surface area (Å²) in [6.07, 6.45) is 0.478. The van der Waals surface area contributed by atoms with Gasteiger partial charge >= 0.3 is 0 Å². The number of anilines is 1. The molecule has 0 aromatic heterocycles. The molecule has 0 bridgehead atoms. The van der Waals surface area contributed by atoms with Gasteiger partial charge in [0.15, 0.2) is 0 Å². The second-order valence-electron chi connectivity index (χ2n) is 2.87. The fourth-order valence-electron chi connectivity index (χ4n) is 0.920. The molecule has 0 heterocycles. The lowest BCUT2D eigenvalue weighted by molar-refractivity contribution is -0.115. The van der Waals surface area contributed by atoms with Crippen LogP contribution in [0.2, 0.25) is 5.02 Å². The number of hydrogen-bond donors (Lipinski definition) is 1. The van der Waals surface area contributed by atoms with Crippen molar-refractivity contribution in [3.8, 4) is 0 Å². The van der Waals surface area contributed by atoms with Crippen molar-refractivity contribution < 1.29 is 4.79 Å². The summed E-state index contributed by atoms with van der Waals surface area (Å²) in [4.78, 5) is 11.0. The van der Waals surface area contributed by atoms with Gasteiger partial charge in [0.1, 0.15) is 0 Å². The molecule has 1 aromatic rings. The highest BCUT2D eigenvalue weighted by molar-refractivity contribution is 6.31. The number of aryl methyl sites for hydroxylation is 1. The molecule has 0 unspecified atom stereocenters. The average Bonchev–Trinajstić information content (AvgIpc) is 2.11. The fourth-order valence-corrected chi connectivity index (χ4v) is 1.10. The van der Waals surface area contributed by atoms with Gasteiger partial charge in [0, 0.05) is 17.1 Å². The third-order valence-corrected chi connectivity index (χ3v) is 2.18. The van der Waals surface area contributed by atoms with Gasteiger partial charge in [-0.2, -0.15) is 0 Å². The Morgan fingerprint density at radius 3 is 2.77 bits per heavy atom. The predicted octanol–water partition coefficient (Wildman–Crippen LogP) is 3.00. The molecule has 0 aliphatic rings. The molecule has 13 heavy (non-hydrogen) atoms. The molecule has 0 saturated heterocycles. The summed E-state index contributed by atoms with van der Waals surface area (Å²) in [7, 11) is 0. The van der Waals surface area contributed by atoms with Crippen molar-refractivity contribution in [3.63, 3.8) is 0 Å². The Morgan fingerprint density at radius 1 is 1.54 bits per heavy atom. The van der Waals surface area contributed by atoms with Gasteiger partial charge in [-0.15, -0.1) is 0 Å². The summed E-state index contributed by atoms with van der Waals surface area (Å²) < 4.78 is 0. The van der Waals surface area contributed by atoms with E-state index in [9.17, 15) is 4.79 Å². The molecule has 1 aromatic carbocycles. The minimum Gasteiger partial charge on any atom is -0.326 e. The van der Waals surface area contributed by atoms with E-state index in [2.05, 4.69) is 5.32 Å². The van der Waals surface area contributed by atoms with Gasteiger partial charge in [0.25, 0.3) is 0 Å². The second kappa shape index (κ2) is 4.28. The monoisotopic (exact) mass is 197 g/mol. The maximum atomic E-state index is 11.0. The minimum atomic E-state index is -0.0000743. The zero-order valence-electron chi connectivity index (χ0n) is 7.73. The quantitative estimate of drug-likeness (QED) is 0.776. The van der Waals surface area contributed by atoms with Crippen LogP contribution in [0.25, 0.3) is 0 Å². The van der Waals surface area contributed by atoms with E-state index in [1.807, 2.05) is 26.0 Å². The second-order valence-corrected chi connectivity index (χ2v) is 3.27. The van der Waals surface area contributed by atoms with Crippen LogP contribution in [0.4, 0.5) is 5.69 Å². The lowest BCUT2D eigenvalue weighted by Crippen LogP contribution is -2.09. The molecule has 70 valence electrons.